The summed E-state index contributed by atoms with van der Waals surface area (Å²) >= 11 is 0. The Balaban J connectivity index is 1.48. The molecule has 47 heavy (non-hydrogen) atoms. The molecule has 2 unspecified atom stereocenters. The Labute approximate surface area is 281 Å². The van der Waals surface area contributed by atoms with Gasteiger partial charge in [0.15, 0.2) is 0 Å². The quantitative estimate of drug-likeness (QED) is 0.197. The number of allylic oxidation sites excluding steroid dienone is 2. The molecule has 4 aliphatic rings. The van der Waals surface area contributed by atoms with Gasteiger partial charge in [0.1, 0.15) is 17.7 Å². The number of piperidine rings is 1. The summed E-state index contributed by atoms with van der Waals surface area (Å²) in [6.45, 7) is 20.7. The topological polar surface area (TPSA) is 134 Å². The Bertz CT molecular complexity index is 1260. The third-order valence-corrected chi connectivity index (χ3v) is 11.4. The lowest BCUT2D eigenvalue weighted by molar-refractivity contribution is -0.145. The smallest absolute Gasteiger partial charge is 0.408 e. The van der Waals surface area contributed by atoms with E-state index in [-0.39, 0.29) is 40.4 Å². The predicted octanol–water partition coefficient (Wildman–Crippen LogP) is 5.15. The van der Waals surface area contributed by atoms with Gasteiger partial charge in [0.2, 0.25) is 17.6 Å². The van der Waals surface area contributed by atoms with Gasteiger partial charge in [0, 0.05) is 13.1 Å². The first kappa shape index (κ1) is 36.9. The average molecular weight is 657 g/mol. The fraction of sp³-hybridized carbons (Fsp3) is 0.811. The number of ether oxygens (including phenoxy) is 1. The first-order valence-corrected chi connectivity index (χ1v) is 17.9. The van der Waals surface area contributed by atoms with Crippen molar-refractivity contribution in [3.63, 3.8) is 0 Å². The highest BCUT2D eigenvalue weighted by molar-refractivity contribution is 6.38. The number of fused-ring (bicyclic) bond motifs is 1. The monoisotopic (exact) mass is 656 g/mol. The molecular formula is C37H60N4O6. The zero-order valence-corrected chi connectivity index (χ0v) is 30.5. The molecule has 1 aliphatic heterocycles. The van der Waals surface area contributed by atoms with Crippen molar-refractivity contribution in [1.29, 1.82) is 0 Å². The van der Waals surface area contributed by atoms with Crippen LogP contribution in [-0.2, 0) is 23.9 Å². The minimum absolute atomic E-state index is 0.0462. The molecule has 4 rings (SSSR count). The van der Waals surface area contributed by atoms with Crippen LogP contribution >= 0.6 is 0 Å². The van der Waals surface area contributed by atoms with Crippen molar-refractivity contribution in [2.24, 2.45) is 40.4 Å². The van der Waals surface area contributed by atoms with Crippen LogP contribution in [0.15, 0.2) is 11.6 Å². The lowest BCUT2D eigenvalue weighted by Crippen LogP contribution is -2.59. The third kappa shape index (κ3) is 8.22. The highest BCUT2D eigenvalue weighted by atomic mass is 16.6. The maximum atomic E-state index is 14.3. The molecule has 10 nitrogen and oxygen atoms in total. The predicted molar refractivity (Wildman–Crippen MR) is 181 cm³/mol. The Kier molecular flexibility index (Phi) is 10.9. The fourth-order valence-corrected chi connectivity index (χ4v) is 8.40. The summed E-state index contributed by atoms with van der Waals surface area (Å²) in [5.74, 6) is -1.45. The number of carbonyl (C=O) groups is 5. The molecule has 0 aromatic carbocycles. The molecule has 7 atom stereocenters. The van der Waals surface area contributed by atoms with Crippen LogP contribution in [0.4, 0.5) is 4.79 Å². The van der Waals surface area contributed by atoms with E-state index in [4.69, 9.17) is 4.74 Å². The Morgan fingerprint density at radius 3 is 2.17 bits per heavy atom. The van der Waals surface area contributed by atoms with E-state index in [1.54, 1.807) is 25.7 Å². The van der Waals surface area contributed by atoms with Crippen LogP contribution in [0.2, 0.25) is 0 Å². The summed E-state index contributed by atoms with van der Waals surface area (Å²) in [7, 11) is 0. The van der Waals surface area contributed by atoms with Gasteiger partial charge in [0.25, 0.3) is 5.91 Å². The normalized spacial score (nSPS) is 28.6. The van der Waals surface area contributed by atoms with E-state index in [9.17, 15) is 24.0 Å². The van der Waals surface area contributed by atoms with Gasteiger partial charge in [-0.2, -0.15) is 0 Å². The summed E-state index contributed by atoms with van der Waals surface area (Å²) in [5, 5.41) is 8.62. The van der Waals surface area contributed by atoms with Crippen LogP contribution in [0.25, 0.3) is 0 Å². The molecule has 3 N–H and O–H groups in total. The number of ketones is 1. The van der Waals surface area contributed by atoms with Crippen LogP contribution < -0.4 is 16.0 Å². The van der Waals surface area contributed by atoms with E-state index in [0.717, 1.165) is 32.1 Å². The highest BCUT2D eigenvalue weighted by Crippen LogP contribution is 2.65. The first-order valence-electron chi connectivity index (χ1n) is 17.9. The molecule has 0 spiro atoms. The zero-order valence-electron chi connectivity index (χ0n) is 30.5. The molecule has 3 aliphatic carbocycles. The molecule has 0 aromatic heterocycles. The number of alkyl carbamates (subject to hydrolysis) is 1. The largest absolute Gasteiger partial charge is 0.444 e. The second-order valence-electron chi connectivity index (χ2n) is 17.0. The number of likely N-dealkylation sites (tertiary alicyclic amines) is 1. The van der Waals surface area contributed by atoms with Gasteiger partial charge in [-0.25, -0.2) is 4.79 Å². The molecule has 3 saturated carbocycles. The summed E-state index contributed by atoms with van der Waals surface area (Å²) in [4.78, 5) is 69.5. The number of rotatable bonds is 12. The number of carbonyl (C=O) groups excluding carboxylic acids is 5. The van der Waals surface area contributed by atoms with Crippen LogP contribution in [0.3, 0.4) is 0 Å². The lowest BCUT2D eigenvalue weighted by Gasteiger charge is -2.37. The van der Waals surface area contributed by atoms with Crippen LogP contribution in [0.5, 0.6) is 0 Å². The van der Waals surface area contributed by atoms with Crippen molar-refractivity contribution in [3.8, 4) is 0 Å². The molecular weight excluding hydrogens is 596 g/mol. The van der Waals surface area contributed by atoms with E-state index in [1.165, 1.54) is 5.57 Å². The van der Waals surface area contributed by atoms with E-state index < -0.39 is 47.4 Å². The number of nitrogens with zero attached hydrogens (tertiary/aromatic N) is 1. The van der Waals surface area contributed by atoms with Crippen molar-refractivity contribution in [2.45, 2.75) is 138 Å². The minimum atomic E-state index is -0.986. The van der Waals surface area contributed by atoms with E-state index >= 15 is 0 Å². The fourth-order valence-electron chi connectivity index (χ4n) is 8.40. The van der Waals surface area contributed by atoms with Crippen LogP contribution in [0.1, 0.15) is 114 Å². The van der Waals surface area contributed by atoms with Crippen molar-refractivity contribution in [3.05, 3.63) is 11.6 Å². The molecule has 0 aromatic rings. The van der Waals surface area contributed by atoms with Gasteiger partial charge in [-0.05, 0) is 94.3 Å². The van der Waals surface area contributed by atoms with Crippen molar-refractivity contribution in [2.75, 3.05) is 13.1 Å². The van der Waals surface area contributed by atoms with E-state index in [2.05, 4.69) is 63.6 Å². The second-order valence-corrected chi connectivity index (χ2v) is 17.0. The van der Waals surface area contributed by atoms with Crippen molar-refractivity contribution >= 4 is 29.6 Å². The first-order chi connectivity index (χ1) is 21.8. The second kappa shape index (κ2) is 13.9. The Hall–Kier alpha value is -2.91. The molecule has 0 radical (unpaired) electrons. The highest BCUT2D eigenvalue weighted by Gasteiger charge is 2.70. The number of hydrogen-bond donors (Lipinski definition) is 3. The third-order valence-electron chi connectivity index (χ3n) is 11.4. The average Bonchev–Trinajstić information content (AvgIpc) is 3.56. The molecule has 264 valence electrons. The number of Topliss-reactive ketones (excluding diaryl/α,β-unsaturated/α-hetero) is 1. The maximum Gasteiger partial charge on any atom is 0.408 e. The van der Waals surface area contributed by atoms with Gasteiger partial charge in [-0.1, -0.05) is 72.0 Å². The van der Waals surface area contributed by atoms with Gasteiger partial charge >= 0.3 is 6.09 Å². The summed E-state index contributed by atoms with van der Waals surface area (Å²) < 4.78 is 5.53. The Morgan fingerprint density at radius 1 is 0.957 bits per heavy atom. The number of nitrogens with one attached hydrogen (secondary N) is 3. The van der Waals surface area contributed by atoms with Crippen molar-refractivity contribution < 1.29 is 28.7 Å². The minimum Gasteiger partial charge on any atom is -0.444 e. The molecule has 4 amide bonds. The molecule has 1 heterocycles. The number of amides is 4. The summed E-state index contributed by atoms with van der Waals surface area (Å²) in [5.41, 5.74) is 0.411. The van der Waals surface area contributed by atoms with Crippen LogP contribution in [-0.4, -0.2) is 71.3 Å². The van der Waals surface area contributed by atoms with Gasteiger partial charge in [0.05, 0.1) is 6.04 Å². The van der Waals surface area contributed by atoms with Gasteiger partial charge in [-0.15, -0.1) is 0 Å². The molecule has 0 bridgehead atoms. The maximum absolute atomic E-state index is 14.3. The molecule has 10 heteroatoms. The van der Waals surface area contributed by atoms with Crippen LogP contribution in [0, 0.1) is 40.4 Å². The SMILES string of the molecule is CCCC(NC(=O)[C@@H]1[C@H]2[C@@H](CN1C(=O)[C@@H](NC(=O)OC(C)(C)C)C1CCCCC1)C2(C)C)C(=O)C(=O)NCC1[C@H](C=C(C)C)C1(C)C. The van der Waals surface area contributed by atoms with Crippen molar-refractivity contribution in [1.82, 2.24) is 20.9 Å². The number of hydrogen-bond acceptors (Lipinski definition) is 6. The lowest BCUT2D eigenvalue weighted by atomic mass is 9.83. The van der Waals surface area contributed by atoms with E-state index in [1.807, 2.05) is 6.92 Å². The summed E-state index contributed by atoms with van der Waals surface area (Å²) in [6.07, 6.45) is 7.15. The summed E-state index contributed by atoms with van der Waals surface area (Å²) in [6, 6.07) is -2.58. The zero-order chi connectivity index (χ0) is 35.1. The van der Waals surface area contributed by atoms with Gasteiger partial charge in [-0.3, -0.25) is 19.2 Å². The Morgan fingerprint density at radius 2 is 1.60 bits per heavy atom. The molecule has 1 saturated heterocycles. The van der Waals surface area contributed by atoms with Gasteiger partial charge < -0.3 is 25.6 Å². The molecule has 4 fully saturated rings. The standard InChI is InChI=1S/C37H60N4O6/c1-11-15-26(30(42)32(44)38-19-24-23(18-21(2)3)36(24,7)8)39-31(43)29-27-25(37(27,9)10)20-41(29)33(45)28(22-16-13-12-14-17-22)40-34(46)47-35(4,5)6/h18,22-29H,11-17,19-20H2,1-10H3,(H,38,44)(H,39,43)(H,40,46)/t23-,24?,25+,26?,27+,28-,29-/m0/s1. The van der Waals surface area contributed by atoms with E-state index in [0.29, 0.717) is 31.8 Å².